The summed E-state index contributed by atoms with van der Waals surface area (Å²) in [6, 6.07) is 8.16. The minimum absolute atomic E-state index is 0.315. The van der Waals surface area contributed by atoms with Gasteiger partial charge in [-0.2, -0.15) is 0 Å². The van der Waals surface area contributed by atoms with Crippen LogP contribution < -0.4 is 4.74 Å². The molecule has 3 rings (SSSR count). The molecule has 15 heavy (non-hydrogen) atoms. The van der Waals surface area contributed by atoms with Crippen LogP contribution >= 0.6 is 0 Å². The minimum atomic E-state index is 0.315. The van der Waals surface area contributed by atoms with Crippen LogP contribution in [-0.4, -0.2) is 32.0 Å². The second-order valence-corrected chi connectivity index (χ2v) is 4.03. The molecule has 3 nitrogen and oxygen atoms in total. The second-order valence-electron chi connectivity index (χ2n) is 4.03. The standard InChI is InChI=1S/C12H14O3/c1-2-4-12(15-8-11-7-14-11)9(3-1)5-10-6-13-10/h1-4,10-11H,5-8H2. The minimum Gasteiger partial charge on any atom is -0.491 e. The molecule has 0 bridgehead atoms. The third-order valence-corrected chi connectivity index (χ3v) is 2.65. The first-order chi connectivity index (χ1) is 7.42. The molecule has 80 valence electrons. The van der Waals surface area contributed by atoms with E-state index in [9.17, 15) is 0 Å². The fourth-order valence-corrected chi connectivity index (χ4v) is 1.59. The number of hydrogen-bond donors (Lipinski definition) is 0. The van der Waals surface area contributed by atoms with Gasteiger partial charge in [-0.3, -0.25) is 0 Å². The van der Waals surface area contributed by atoms with Crippen molar-refractivity contribution >= 4 is 0 Å². The fourth-order valence-electron chi connectivity index (χ4n) is 1.59. The summed E-state index contributed by atoms with van der Waals surface area (Å²) in [6.07, 6.45) is 1.68. The van der Waals surface area contributed by atoms with E-state index in [-0.39, 0.29) is 0 Å². The average Bonchev–Trinajstić information content (AvgIpc) is 3.12. The molecule has 2 fully saturated rings. The van der Waals surface area contributed by atoms with Gasteiger partial charge in [0.1, 0.15) is 18.5 Å². The summed E-state index contributed by atoms with van der Waals surface area (Å²) in [5.41, 5.74) is 1.24. The molecule has 2 heterocycles. The van der Waals surface area contributed by atoms with E-state index >= 15 is 0 Å². The zero-order valence-corrected chi connectivity index (χ0v) is 8.52. The van der Waals surface area contributed by atoms with Gasteiger partial charge in [0.05, 0.1) is 19.3 Å². The summed E-state index contributed by atoms with van der Waals surface area (Å²) < 4.78 is 16.0. The summed E-state index contributed by atoms with van der Waals surface area (Å²) in [7, 11) is 0. The molecule has 2 saturated heterocycles. The summed E-state index contributed by atoms with van der Waals surface area (Å²) in [5, 5.41) is 0. The van der Waals surface area contributed by atoms with Crippen molar-refractivity contribution in [2.75, 3.05) is 19.8 Å². The lowest BCUT2D eigenvalue weighted by atomic mass is 10.1. The second kappa shape index (κ2) is 3.83. The molecular weight excluding hydrogens is 192 g/mol. The molecule has 2 aliphatic heterocycles. The third-order valence-electron chi connectivity index (χ3n) is 2.65. The number of hydrogen-bond acceptors (Lipinski definition) is 3. The van der Waals surface area contributed by atoms with Gasteiger partial charge in [-0.05, 0) is 11.6 Å². The Bertz CT molecular complexity index is 342. The molecular formula is C12H14O3. The molecule has 3 heteroatoms. The first-order valence-corrected chi connectivity index (χ1v) is 5.36. The molecule has 0 aromatic heterocycles. The summed E-state index contributed by atoms with van der Waals surface area (Å²) in [4.78, 5) is 0. The van der Waals surface area contributed by atoms with Gasteiger partial charge in [-0.15, -0.1) is 0 Å². The predicted octanol–water partition coefficient (Wildman–Crippen LogP) is 1.41. The normalized spacial score (nSPS) is 27.5. The van der Waals surface area contributed by atoms with Crippen molar-refractivity contribution in [1.29, 1.82) is 0 Å². The van der Waals surface area contributed by atoms with Crippen LogP contribution in [0.1, 0.15) is 5.56 Å². The highest BCUT2D eigenvalue weighted by Crippen LogP contribution is 2.25. The summed E-state index contributed by atoms with van der Waals surface area (Å²) >= 11 is 0. The fraction of sp³-hybridized carbons (Fsp3) is 0.500. The van der Waals surface area contributed by atoms with Gasteiger partial charge in [0, 0.05) is 6.42 Å². The summed E-state index contributed by atoms with van der Waals surface area (Å²) in [5.74, 6) is 0.975. The Kier molecular flexibility index (Phi) is 2.35. The molecule has 0 radical (unpaired) electrons. The molecule has 0 saturated carbocycles. The third kappa shape index (κ3) is 2.49. The monoisotopic (exact) mass is 206 g/mol. The quantitative estimate of drug-likeness (QED) is 0.683. The molecule has 1 aromatic rings. The van der Waals surface area contributed by atoms with Crippen molar-refractivity contribution in [2.24, 2.45) is 0 Å². The first-order valence-electron chi connectivity index (χ1n) is 5.36. The van der Waals surface area contributed by atoms with Gasteiger partial charge in [-0.25, -0.2) is 0 Å². The zero-order chi connectivity index (χ0) is 10.1. The number of rotatable bonds is 5. The van der Waals surface area contributed by atoms with Crippen molar-refractivity contribution in [2.45, 2.75) is 18.6 Å². The molecule has 0 spiro atoms. The lowest BCUT2D eigenvalue weighted by Crippen LogP contribution is -2.06. The topological polar surface area (TPSA) is 34.3 Å². The van der Waals surface area contributed by atoms with E-state index in [2.05, 4.69) is 6.07 Å². The molecule has 0 amide bonds. The van der Waals surface area contributed by atoms with Gasteiger partial charge in [-0.1, -0.05) is 18.2 Å². The molecule has 2 atom stereocenters. The van der Waals surface area contributed by atoms with Gasteiger partial charge in [0.15, 0.2) is 0 Å². The van der Waals surface area contributed by atoms with Gasteiger partial charge < -0.3 is 14.2 Å². The maximum absolute atomic E-state index is 5.71. The van der Waals surface area contributed by atoms with Gasteiger partial charge in [0.25, 0.3) is 0 Å². The van der Waals surface area contributed by atoms with E-state index in [1.807, 2.05) is 18.2 Å². The Hall–Kier alpha value is -1.06. The average molecular weight is 206 g/mol. The van der Waals surface area contributed by atoms with Crippen molar-refractivity contribution in [3.8, 4) is 5.75 Å². The van der Waals surface area contributed by atoms with E-state index in [4.69, 9.17) is 14.2 Å². The maximum atomic E-state index is 5.71. The van der Waals surface area contributed by atoms with Crippen LogP contribution in [0.2, 0.25) is 0 Å². The SMILES string of the molecule is c1ccc(OCC2CO2)c(CC2CO2)c1. The lowest BCUT2D eigenvalue weighted by Gasteiger charge is -2.09. The van der Waals surface area contributed by atoms with Gasteiger partial charge in [0.2, 0.25) is 0 Å². The van der Waals surface area contributed by atoms with Crippen LogP contribution in [0.5, 0.6) is 5.75 Å². The van der Waals surface area contributed by atoms with Crippen molar-refractivity contribution in [3.05, 3.63) is 29.8 Å². The lowest BCUT2D eigenvalue weighted by molar-refractivity contribution is 0.260. The Balaban J connectivity index is 1.66. The van der Waals surface area contributed by atoms with Crippen molar-refractivity contribution in [3.63, 3.8) is 0 Å². The molecule has 2 aliphatic rings. The number of epoxide rings is 2. The highest BCUT2D eigenvalue weighted by Gasteiger charge is 2.26. The van der Waals surface area contributed by atoms with Crippen LogP contribution in [0.15, 0.2) is 24.3 Å². The highest BCUT2D eigenvalue weighted by molar-refractivity contribution is 5.34. The van der Waals surface area contributed by atoms with Crippen molar-refractivity contribution < 1.29 is 14.2 Å². The Morgan fingerprint density at radius 2 is 1.87 bits per heavy atom. The molecule has 0 N–H and O–H groups in total. The van der Waals surface area contributed by atoms with Crippen LogP contribution in [0, 0.1) is 0 Å². The van der Waals surface area contributed by atoms with E-state index in [0.717, 1.165) is 25.4 Å². The van der Waals surface area contributed by atoms with E-state index in [1.54, 1.807) is 0 Å². The van der Waals surface area contributed by atoms with Crippen molar-refractivity contribution in [1.82, 2.24) is 0 Å². The predicted molar refractivity (Wildman–Crippen MR) is 55.1 cm³/mol. The largest absolute Gasteiger partial charge is 0.491 e. The Morgan fingerprint density at radius 3 is 2.60 bits per heavy atom. The number of para-hydroxylation sites is 1. The smallest absolute Gasteiger partial charge is 0.122 e. The molecule has 2 unspecified atom stereocenters. The van der Waals surface area contributed by atoms with Crippen LogP contribution in [0.3, 0.4) is 0 Å². The number of ether oxygens (including phenoxy) is 3. The molecule has 1 aromatic carbocycles. The Morgan fingerprint density at radius 1 is 1.13 bits per heavy atom. The van der Waals surface area contributed by atoms with Crippen LogP contribution in [0.25, 0.3) is 0 Å². The van der Waals surface area contributed by atoms with E-state index < -0.39 is 0 Å². The zero-order valence-electron chi connectivity index (χ0n) is 8.52. The number of benzene rings is 1. The summed E-state index contributed by atoms with van der Waals surface area (Å²) in [6.45, 7) is 2.40. The van der Waals surface area contributed by atoms with Crippen LogP contribution in [0.4, 0.5) is 0 Å². The van der Waals surface area contributed by atoms with Crippen LogP contribution in [-0.2, 0) is 15.9 Å². The highest BCUT2D eigenvalue weighted by atomic mass is 16.6. The van der Waals surface area contributed by atoms with E-state index in [1.165, 1.54) is 5.56 Å². The van der Waals surface area contributed by atoms with Gasteiger partial charge >= 0.3 is 0 Å². The maximum Gasteiger partial charge on any atom is 0.122 e. The van der Waals surface area contributed by atoms with E-state index in [0.29, 0.717) is 18.8 Å². The molecule has 0 aliphatic carbocycles. The Labute approximate surface area is 89.0 Å². The first kappa shape index (κ1) is 9.19.